The SMILES string of the molecule is Cc1ccc(F)c(C(C)C(NS(=O)(=O)c2ccc(Cl)c3c2OCCC3)c2nn[nH]n2)c1C. The number of sulfonamides is 1. The molecule has 2 unspecified atom stereocenters. The van der Waals surface area contributed by atoms with Crippen molar-refractivity contribution >= 4 is 21.6 Å². The van der Waals surface area contributed by atoms with Crippen molar-refractivity contribution in [3.8, 4) is 5.75 Å². The molecule has 3 aromatic rings. The van der Waals surface area contributed by atoms with Crippen LogP contribution in [-0.4, -0.2) is 35.6 Å². The molecule has 0 saturated carbocycles. The molecule has 0 amide bonds. The number of tetrazole rings is 1. The van der Waals surface area contributed by atoms with Crippen LogP contribution in [0.1, 0.15) is 53.4 Å². The summed E-state index contributed by atoms with van der Waals surface area (Å²) in [5.74, 6) is -0.717. The van der Waals surface area contributed by atoms with E-state index in [0.29, 0.717) is 29.2 Å². The van der Waals surface area contributed by atoms with E-state index in [0.717, 1.165) is 17.5 Å². The highest BCUT2D eigenvalue weighted by molar-refractivity contribution is 7.89. The van der Waals surface area contributed by atoms with Crippen LogP contribution in [0.3, 0.4) is 0 Å². The molecule has 0 aliphatic carbocycles. The summed E-state index contributed by atoms with van der Waals surface area (Å²) in [6.45, 7) is 5.79. The van der Waals surface area contributed by atoms with E-state index in [1.165, 1.54) is 12.1 Å². The maximum atomic E-state index is 14.8. The van der Waals surface area contributed by atoms with Crippen molar-refractivity contribution in [1.82, 2.24) is 25.3 Å². The molecule has 2 atom stereocenters. The minimum atomic E-state index is -4.11. The lowest BCUT2D eigenvalue weighted by Gasteiger charge is -2.26. The number of rotatable bonds is 6. The average molecular weight is 480 g/mol. The molecule has 1 aliphatic heterocycles. The Morgan fingerprint density at radius 3 is 2.75 bits per heavy atom. The summed E-state index contributed by atoms with van der Waals surface area (Å²) in [5, 5.41) is 14.3. The quantitative estimate of drug-likeness (QED) is 0.557. The van der Waals surface area contributed by atoms with Crippen molar-refractivity contribution in [1.29, 1.82) is 0 Å². The van der Waals surface area contributed by atoms with E-state index in [-0.39, 0.29) is 16.5 Å². The van der Waals surface area contributed by atoms with Crippen LogP contribution in [0.5, 0.6) is 5.75 Å². The normalized spacial score (nSPS) is 15.7. The monoisotopic (exact) mass is 479 g/mol. The van der Waals surface area contributed by atoms with Crippen molar-refractivity contribution < 1.29 is 17.5 Å². The summed E-state index contributed by atoms with van der Waals surface area (Å²) in [6.07, 6.45) is 1.37. The number of H-pyrrole nitrogens is 1. The van der Waals surface area contributed by atoms with Crippen molar-refractivity contribution in [2.45, 2.75) is 50.5 Å². The van der Waals surface area contributed by atoms with Gasteiger partial charge in [-0.15, -0.1) is 10.2 Å². The number of aromatic amines is 1. The van der Waals surface area contributed by atoms with Gasteiger partial charge in [-0.25, -0.2) is 12.8 Å². The molecule has 11 heteroatoms. The highest BCUT2D eigenvalue weighted by Gasteiger charge is 2.34. The van der Waals surface area contributed by atoms with Crippen LogP contribution in [-0.2, 0) is 16.4 Å². The van der Waals surface area contributed by atoms with E-state index in [1.54, 1.807) is 26.0 Å². The van der Waals surface area contributed by atoms with Crippen LogP contribution in [0, 0.1) is 19.7 Å². The number of fused-ring (bicyclic) bond motifs is 1. The van der Waals surface area contributed by atoms with Gasteiger partial charge in [0.05, 0.1) is 12.6 Å². The van der Waals surface area contributed by atoms with Crippen LogP contribution in [0.25, 0.3) is 0 Å². The summed E-state index contributed by atoms with van der Waals surface area (Å²) in [7, 11) is -4.11. The Labute approximate surface area is 190 Å². The number of aryl methyl sites for hydroxylation is 1. The van der Waals surface area contributed by atoms with Gasteiger partial charge in [-0.2, -0.15) is 9.94 Å². The molecule has 0 bridgehead atoms. The molecule has 0 spiro atoms. The smallest absolute Gasteiger partial charge is 0.244 e. The van der Waals surface area contributed by atoms with Crippen LogP contribution in [0.15, 0.2) is 29.2 Å². The fourth-order valence-electron chi connectivity index (χ4n) is 4.05. The third-order valence-corrected chi connectivity index (χ3v) is 7.70. The first kappa shape index (κ1) is 22.6. The number of hydrogen-bond donors (Lipinski definition) is 2. The van der Waals surface area contributed by atoms with Crippen molar-refractivity contribution in [3.63, 3.8) is 0 Å². The Morgan fingerprint density at radius 1 is 1.25 bits per heavy atom. The lowest BCUT2D eigenvalue weighted by molar-refractivity contribution is 0.280. The van der Waals surface area contributed by atoms with E-state index in [1.807, 2.05) is 6.92 Å². The molecule has 2 aromatic carbocycles. The van der Waals surface area contributed by atoms with Gasteiger partial charge in [0.25, 0.3) is 0 Å². The van der Waals surface area contributed by atoms with E-state index in [2.05, 4.69) is 25.3 Å². The largest absolute Gasteiger partial charge is 0.492 e. The topological polar surface area (TPSA) is 110 Å². The average Bonchev–Trinajstić information content (AvgIpc) is 3.30. The van der Waals surface area contributed by atoms with Gasteiger partial charge in [0.15, 0.2) is 5.82 Å². The van der Waals surface area contributed by atoms with Crippen LogP contribution < -0.4 is 9.46 Å². The standard InChI is InChI=1S/C21H23ClFN5O3S/c1-11-6-8-16(23)18(12(11)2)13(3)19(21-24-27-28-25-21)26-32(29,30)17-9-7-15(22)14-5-4-10-31-20(14)17/h6-9,13,19,26H,4-5,10H2,1-3H3,(H,24,25,27,28). The third-order valence-electron chi connectivity index (χ3n) is 5.88. The number of nitrogens with one attached hydrogen (secondary N) is 2. The fourth-order valence-corrected chi connectivity index (χ4v) is 5.74. The molecular formula is C21H23ClFN5O3S. The summed E-state index contributed by atoms with van der Waals surface area (Å²) >= 11 is 6.26. The first-order chi connectivity index (χ1) is 15.2. The molecular weight excluding hydrogens is 457 g/mol. The van der Waals surface area contributed by atoms with Crippen LogP contribution >= 0.6 is 11.6 Å². The molecule has 2 N–H and O–H groups in total. The van der Waals surface area contributed by atoms with E-state index >= 15 is 0 Å². The highest BCUT2D eigenvalue weighted by Crippen LogP contribution is 2.39. The molecule has 1 aromatic heterocycles. The number of benzene rings is 2. The Hall–Kier alpha value is -2.56. The van der Waals surface area contributed by atoms with Crippen molar-refractivity contribution in [2.24, 2.45) is 0 Å². The zero-order valence-electron chi connectivity index (χ0n) is 17.8. The maximum Gasteiger partial charge on any atom is 0.244 e. The van der Waals surface area contributed by atoms with E-state index in [9.17, 15) is 12.8 Å². The Bertz CT molecular complexity index is 1250. The molecule has 1 aliphatic rings. The summed E-state index contributed by atoms with van der Waals surface area (Å²) in [4.78, 5) is -0.0290. The second kappa shape index (κ2) is 8.76. The molecule has 4 rings (SSSR count). The summed E-state index contributed by atoms with van der Waals surface area (Å²) in [5.41, 5.74) is 2.67. The van der Waals surface area contributed by atoms with Gasteiger partial charge in [-0.05, 0) is 61.6 Å². The molecule has 8 nitrogen and oxygen atoms in total. The van der Waals surface area contributed by atoms with Crippen molar-refractivity contribution in [2.75, 3.05) is 6.61 Å². The number of nitrogens with zero attached hydrogens (tertiary/aromatic N) is 3. The minimum absolute atomic E-state index is 0.0290. The molecule has 32 heavy (non-hydrogen) atoms. The first-order valence-corrected chi connectivity index (χ1v) is 12.0. The highest BCUT2D eigenvalue weighted by atomic mass is 35.5. The second-order valence-electron chi connectivity index (χ2n) is 7.87. The van der Waals surface area contributed by atoms with E-state index in [4.69, 9.17) is 16.3 Å². The molecule has 170 valence electrons. The number of aromatic nitrogens is 4. The zero-order chi connectivity index (χ0) is 23.0. The third kappa shape index (κ3) is 4.10. The van der Waals surface area contributed by atoms with Gasteiger partial charge in [0.2, 0.25) is 10.0 Å². The summed E-state index contributed by atoms with van der Waals surface area (Å²) in [6, 6.07) is 5.03. The lowest BCUT2D eigenvalue weighted by atomic mass is 9.88. The van der Waals surface area contributed by atoms with Crippen LogP contribution in [0.4, 0.5) is 4.39 Å². The van der Waals surface area contributed by atoms with Crippen molar-refractivity contribution in [3.05, 3.63) is 63.2 Å². The Balaban J connectivity index is 1.78. The first-order valence-electron chi connectivity index (χ1n) is 10.2. The van der Waals surface area contributed by atoms with Gasteiger partial charge < -0.3 is 4.74 Å². The zero-order valence-corrected chi connectivity index (χ0v) is 19.4. The second-order valence-corrected chi connectivity index (χ2v) is 9.96. The van der Waals surface area contributed by atoms with Gasteiger partial charge in [-0.1, -0.05) is 29.8 Å². The van der Waals surface area contributed by atoms with Gasteiger partial charge in [-0.3, -0.25) is 0 Å². The maximum absolute atomic E-state index is 14.8. The Morgan fingerprint density at radius 2 is 2.03 bits per heavy atom. The molecule has 0 saturated heterocycles. The molecule has 2 heterocycles. The van der Waals surface area contributed by atoms with Gasteiger partial charge >= 0.3 is 0 Å². The summed E-state index contributed by atoms with van der Waals surface area (Å²) < 4.78 is 50.1. The number of halogens is 2. The van der Waals surface area contributed by atoms with Gasteiger partial charge in [0, 0.05) is 16.5 Å². The fraction of sp³-hybridized carbons (Fsp3) is 0.381. The lowest BCUT2D eigenvalue weighted by Crippen LogP contribution is -2.34. The Kier molecular flexibility index (Phi) is 6.19. The number of ether oxygens (including phenoxy) is 1. The number of hydrogen-bond acceptors (Lipinski definition) is 6. The molecule has 0 fully saturated rings. The molecule has 0 radical (unpaired) electrons. The van der Waals surface area contributed by atoms with Gasteiger partial charge in [0.1, 0.15) is 16.5 Å². The predicted octanol–water partition coefficient (Wildman–Crippen LogP) is 3.76. The minimum Gasteiger partial charge on any atom is -0.492 e. The van der Waals surface area contributed by atoms with E-state index < -0.39 is 27.8 Å². The predicted molar refractivity (Wildman–Crippen MR) is 117 cm³/mol. The van der Waals surface area contributed by atoms with Crippen LogP contribution in [0.2, 0.25) is 5.02 Å².